The van der Waals surface area contributed by atoms with E-state index < -0.39 is 67.4 Å². The minimum Gasteiger partial charge on any atom is -0.454 e. The fraction of sp³-hybridized carbons (Fsp3) is 0.873. The van der Waals surface area contributed by atoms with Crippen LogP contribution in [0.3, 0.4) is 0 Å². The molecular formula is C63H117NO10. The molecule has 434 valence electrons. The highest BCUT2D eigenvalue weighted by atomic mass is 16.7. The maximum Gasteiger partial charge on any atom is 0.306 e. The Kier molecular flexibility index (Phi) is 48.8. The number of amides is 1. The molecule has 11 nitrogen and oxygen atoms in total. The number of nitrogens with one attached hydrogen (secondary N) is 1. The minimum absolute atomic E-state index is 0.128. The summed E-state index contributed by atoms with van der Waals surface area (Å²) in [5.41, 5.74) is 0. The lowest BCUT2D eigenvalue weighted by molar-refractivity contribution is -0.305. The van der Waals surface area contributed by atoms with Gasteiger partial charge in [0.25, 0.3) is 0 Å². The second kappa shape index (κ2) is 51.6. The van der Waals surface area contributed by atoms with Crippen molar-refractivity contribution in [3.63, 3.8) is 0 Å². The average molecular weight is 1050 g/mol. The molecule has 1 aliphatic heterocycles. The van der Waals surface area contributed by atoms with Crippen molar-refractivity contribution in [2.75, 3.05) is 13.2 Å². The lowest BCUT2D eigenvalue weighted by Crippen LogP contribution is -2.61. The number of aliphatic hydroxyl groups is 5. The molecule has 11 heteroatoms. The van der Waals surface area contributed by atoms with Crippen LogP contribution < -0.4 is 5.32 Å². The summed E-state index contributed by atoms with van der Waals surface area (Å²) in [6.07, 6.45) is 50.3. The van der Waals surface area contributed by atoms with Crippen LogP contribution in [0.2, 0.25) is 0 Å². The quantitative estimate of drug-likeness (QED) is 0.0195. The SMILES string of the molecule is CCCCC/C=C\C/C=C\CCCCCCCCCCC(O)C(=O)NC(COC1OC(CO)C(O)C(O)C1OC(=O)CCCCCCCCCCCCCCCC)C(O)/C=C/CCCCCCCCCCCCC. The normalized spacial score (nSPS) is 19.5. The molecular weight excluding hydrogens is 931 g/mol. The Morgan fingerprint density at radius 1 is 0.527 bits per heavy atom. The van der Waals surface area contributed by atoms with Gasteiger partial charge < -0.3 is 45.1 Å². The number of carbonyl (C=O) groups is 2. The van der Waals surface area contributed by atoms with Gasteiger partial charge in [-0.15, -0.1) is 0 Å². The number of aliphatic hydroxyl groups excluding tert-OH is 5. The molecule has 0 aliphatic carbocycles. The van der Waals surface area contributed by atoms with E-state index in [1.165, 1.54) is 173 Å². The standard InChI is InChI=1S/C63H117NO10/c1-4-7-10-13-16-19-22-25-27-28-29-30-32-35-38-41-44-47-50-56(67)62(71)64-54(55(66)49-46-43-40-37-34-31-24-21-18-15-12-9-6-3)53-72-63-61(60(70)59(69)57(52-65)73-63)74-58(68)51-48-45-42-39-36-33-26-23-20-17-14-11-8-5-2/h16,19,25,27,46,49,54-57,59-61,63,65-67,69-70H,4-15,17-18,20-24,26,28-45,47-48,50-53H2,1-3H3,(H,64,71)/b19-16-,27-25-,49-46+. The van der Waals surface area contributed by atoms with Gasteiger partial charge in [0.05, 0.1) is 25.4 Å². The second-order valence-electron chi connectivity index (χ2n) is 21.8. The van der Waals surface area contributed by atoms with Gasteiger partial charge in [-0.1, -0.05) is 263 Å². The predicted molar refractivity (Wildman–Crippen MR) is 306 cm³/mol. The summed E-state index contributed by atoms with van der Waals surface area (Å²) in [5.74, 6) is -1.19. The zero-order chi connectivity index (χ0) is 54.0. The van der Waals surface area contributed by atoms with E-state index in [0.29, 0.717) is 12.8 Å². The summed E-state index contributed by atoms with van der Waals surface area (Å²) in [5, 5.41) is 57.0. The number of allylic oxidation sites excluding steroid dienone is 5. The monoisotopic (exact) mass is 1050 g/mol. The van der Waals surface area contributed by atoms with Crippen LogP contribution in [0.15, 0.2) is 36.5 Å². The molecule has 0 aromatic rings. The van der Waals surface area contributed by atoms with Crippen LogP contribution >= 0.6 is 0 Å². The third-order valence-electron chi connectivity index (χ3n) is 14.8. The maximum atomic E-state index is 13.4. The number of ether oxygens (including phenoxy) is 3. The van der Waals surface area contributed by atoms with Crippen molar-refractivity contribution in [3.8, 4) is 0 Å². The van der Waals surface area contributed by atoms with Crippen LogP contribution in [0.5, 0.6) is 0 Å². The maximum absolute atomic E-state index is 13.4. The molecule has 8 unspecified atom stereocenters. The van der Waals surface area contributed by atoms with Crippen molar-refractivity contribution in [1.29, 1.82) is 0 Å². The number of unbranched alkanes of at least 4 members (excludes halogenated alkanes) is 35. The molecule has 1 aliphatic rings. The van der Waals surface area contributed by atoms with E-state index in [-0.39, 0.29) is 19.4 Å². The molecule has 0 aromatic heterocycles. The molecule has 1 saturated heterocycles. The topological polar surface area (TPSA) is 175 Å². The summed E-state index contributed by atoms with van der Waals surface area (Å²) in [4.78, 5) is 26.5. The molecule has 1 heterocycles. The number of carbonyl (C=O) groups excluding carboxylic acids is 2. The van der Waals surface area contributed by atoms with Gasteiger partial charge in [0.15, 0.2) is 12.4 Å². The van der Waals surface area contributed by atoms with E-state index >= 15 is 0 Å². The Hall–Kier alpha value is -2.12. The van der Waals surface area contributed by atoms with E-state index in [9.17, 15) is 35.1 Å². The van der Waals surface area contributed by atoms with Crippen LogP contribution in [0.25, 0.3) is 0 Å². The van der Waals surface area contributed by atoms with Crippen molar-refractivity contribution in [3.05, 3.63) is 36.5 Å². The largest absolute Gasteiger partial charge is 0.454 e. The zero-order valence-corrected chi connectivity index (χ0v) is 48.0. The molecule has 6 N–H and O–H groups in total. The molecule has 0 spiro atoms. The Balaban J connectivity index is 2.69. The third kappa shape index (κ3) is 39.3. The highest BCUT2D eigenvalue weighted by molar-refractivity contribution is 5.80. The van der Waals surface area contributed by atoms with Gasteiger partial charge in [-0.25, -0.2) is 0 Å². The fourth-order valence-electron chi connectivity index (χ4n) is 9.80. The summed E-state index contributed by atoms with van der Waals surface area (Å²) >= 11 is 0. The van der Waals surface area contributed by atoms with Crippen LogP contribution in [0.1, 0.15) is 290 Å². The third-order valence-corrected chi connectivity index (χ3v) is 14.8. The van der Waals surface area contributed by atoms with Crippen molar-refractivity contribution in [2.45, 2.75) is 339 Å². The molecule has 1 rings (SSSR count). The van der Waals surface area contributed by atoms with Crippen molar-refractivity contribution >= 4 is 11.9 Å². The molecule has 0 bridgehead atoms. The predicted octanol–water partition coefficient (Wildman–Crippen LogP) is 14.7. The van der Waals surface area contributed by atoms with E-state index in [1.807, 2.05) is 6.08 Å². The first-order valence-corrected chi connectivity index (χ1v) is 31.3. The van der Waals surface area contributed by atoms with Crippen molar-refractivity contribution in [1.82, 2.24) is 5.32 Å². The van der Waals surface area contributed by atoms with Gasteiger partial charge in [0.1, 0.15) is 24.4 Å². The van der Waals surface area contributed by atoms with E-state index in [0.717, 1.165) is 70.6 Å². The first-order valence-electron chi connectivity index (χ1n) is 31.3. The summed E-state index contributed by atoms with van der Waals surface area (Å²) < 4.78 is 17.6. The molecule has 74 heavy (non-hydrogen) atoms. The van der Waals surface area contributed by atoms with Crippen molar-refractivity contribution in [2.24, 2.45) is 0 Å². The smallest absolute Gasteiger partial charge is 0.306 e. The van der Waals surface area contributed by atoms with Crippen LogP contribution in [0, 0.1) is 0 Å². The van der Waals surface area contributed by atoms with E-state index in [1.54, 1.807) is 6.08 Å². The summed E-state index contributed by atoms with van der Waals surface area (Å²) in [7, 11) is 0. The highest BCUT2D eigenvalue weighted by Gasteiger charge is 2.47. The van der Waals surface area contributed by atoms with Crippen LogP contribution in [0.4, 0.5) is 0 Å². The van der Waals surface area contributed by atoms with Gasteiger partial charge >= 0.3 is 5.97 Å². The Bertz CT molecular complexity index is 1340. The molecule has 0 saturated carbocycles. The zero-order valence-electron chi connectivity index (χ0n) is 48.0. The van der Waals surface area contributed by atoms with Gasteiger partial charge in [0.2, 0.25) is 5.91 Å². The summed E-state index contributed by atoms with van der Waals surface area (Å²) in [6, 6.07) is -1.02. The molecule has 1 amide bonds. The van der Waals surface area contributed by atoms with Gasteiger partial charge in [0, 0.05) is 6.42 Å². The number of rotatable bonds is 53. The van der Waals surface area contributed by atoms with Crippen LogP contribution in [-0.4, -0.2) is 99.6 Å². The number of hydrogen-bond acceptors (Lipinski definition) is 10. The number of esters is 1. The Labute approximate surface area is 453 Å². The lowest BCUT2D eigenvalue weighted by Gasteiger charge is -2.41. The Morgan fingerprint density at radius 2 is 0.932 bits per heavy atom. The van der Waals surface area contributed by atoms with Gasteiger partial charge in [-0.05, 0) is 57.8 Å². The van der Waals surface area contributed by atoms with Gasteiger partial charge in [-0.2, -0.15) is 0 Å². The van der Waals surface area contributed by atoms with Crippen molar-refractivity contribution < 1.29 is 49.3 Å². The second-order valence-corrected chi connectivity index (χ2v) is 21.8. The first kappa shape index (κ1) is 69.9. The molecule has 0 aromatic carbocycles. The summed E-state index contributed by atoms with van der Waals surface area (Å²) in [6.45, 7) is 5.78. The molecule has 8 atom stereocenters. The Morgan fingerprint density at radius 3 is 1.41 bits per heavy atom. The minimum atomic E-state index is -1.61. The lowest BCUT2D eigenvalue weighted by atomic mass is 9.99. The first-order chi connectivity index (χ1) is 36.2. The highest BCUT2D eigenvalue weighted by Crippen LogP contribution is 2.26. The average Bonchev–Trinajstić information content (AvgIpc) is 3.40. The number of hydrogen-bond donors (Lipinski definition) is 6. The van der Waals surface area contributed by atoms with Gasteiger partial charge in [-0.3, -0.25) is 9.59 Å². The molecule has 1 fully saturated rings. The van der Waals surface area contributed by atoms with E-state index in [4.69, 9.17) is 14.2 Å². The molecule has 0 radical (unpaired) electrons. The fourth-order valence-corrected chi connectivity index (χ4v) is 9.80. The van der Waals surface area contributed by atoms with E-state index in [2.05, 4.69) is 50.4 Å². The van der Waals surface area contributed by atoms with Crippen LogP contribution in [-0.2, 0) is 23.8 Å².